The quantitative estimate of drug-likeness (QED) is 0.552. The molecule has 0 radical (unpaired) electrons. The Bertz CT molecular complexity index is 121. The van der Waals surface area contributed by atoms with Gasteiger partial charge in [0.25, 0.3) is 0 Å². The number of hydrogen-bond acceptors (Lipinski definition) is 2. The van der Waals surface area contributed by atoms with Crippen molar-refractivity contribution in [2.24, 2.45) is 0 Å². The number of unbranched alkanes of at least 4 members (excludes halogenated alkanes) is 3. The highest BCUT2D eigenvalue weighted by molar-refractivity contribution is 5.82. The van der Waals surface area contributed by atoms with E-state index in [0.717, 1.165) is 6.42 Å². The predicted octanol–water partition coefficient (Wildman–Crippen LogP) is 2.56. The molecule has 0 bridgehead atoms. The maximum atomic E-state index is 11.2. The van der Waals surface area contributed by atoms with Crippen LogP contribution in [0.5, 0.6) is 0 Å². The number of carbonyl (C=O) groups excluding carboxylic acids is 1. The molecule has 0 aliphatic heterocycles. The molecule has 0 spiro atoms. The van der Waals surface area contributed by atoms with Crippen molar-refractivity contribution in [3.63, 3.8) is 0 Å². The van der Waals surface area contributed by atoms with Crippen LogP contribution in [-0.2, 0) is 9.53 Å². The molecule has 0 aliphatic rings. The van der Waals surface area contributed by atoms with Crippen molar-refractivity contribution >= 4 is 5.78 Å². The maximum absolute atomic E-state index is 11.2. The van der Waals surface area contributed by atoms with Gasteiger partial charge in [0.15, 0.2) is 5.78 Å². The van der Waals surface area contributed by atoms with E-state index in [2.05, 4.69) is 6.92 Å². The molecule has 0 aliphatic carbocycles. The van der Waals surface area contributed by atoms with Gasteiger partial charge in [-0.25, -0.2) is 0 Å². The summed E-state index contributed by atoms with van der Waals surface area (Å²) in [7, 11) is 1.58. The minimum atomic E-state index is -0.216. The van der Waals surface area contributed by atoms with E-state index in [1.807, 2.05) is 6.92 Å². The van der Waals surface area contributed by atoms with Gasteiger partial charge in [0.1, 0.15) is 6.10 Å². The Balaban J connectivity index is 3.31. The van der Waals surface area contributed by atoms with Crippen LogP contribution in [0.25, 0.3) is 0 Å². The number of carbonyl (C=O) groups is 1. The molecule has 0 aromatic rings. The lowest BCUT2D eigenvalue weighted by Crippen LogP contribution is -2.18. The molecular weight excluding hydrogens is 152 g/mol. The zero-order chi connectivity index (χ0) is 9.40. The minimum absolute atomic E-state index is 0.216. The summed E-state index contributed by atoms with van der Waals surface area (Å²) in [5, 5.41) is 0. The van der Waals surface area contributed by atoms with Gasteiger partial charge in [-0.15, -0.1) is 0 Å². The summed E-state index contributed by atoms with van der Waals surface area (Å²) < 4.78 is 4.92. The first-order chi connectivity index (χ1) is 5.72. The Hall–Kier alpha value is -0.370. The molecule has 0 aromatic heterocycles. The summed E-state index contributed by atoms with van der Waals surface area (Å²) in [5.74, 6) is 0.230. The van der Waals surface area contributed by atoms with Crippen LogP contribution in [0.2, 0.25) is 0 Å². The van der Waals surface area contributed by atoms with Gasteiger partial charge in [-0.2, -0.15) is 0 Å². The van der Waals surface area contributed by atoms with Gasteiger partial charge >= 0.3 is 0 Å². The molecular formula is C10H20O2. The molecule has 2 heteroatoms. The summed E-state index contributed by atoms with van der Waals surface area (Å²) in [5.41, 5.74) is 0. The van der Waals surface area contributed by atoms with Crippen molar-refractivity contribution in [2.45, 2.75) is 52.1 Å². The molecule has 2 nitrogen and oxygen atoms in total. The fraction of sp³-hybridized carbons (Fsp3) is 0.900. The maximum Gasteiger partial charge on any atom is 0.161 e. The van der Waals surface area contributed by atoms with Crippen molar-refractivity contribution in [2.75, 3.05) is 7.11 Å². The van der Waals surface area contributed by atoms with Crippen LogP contribution in [0.15, 0.2) is 0 Å². The van der Waals surface area contributed by atoms with Crippen molar-refractivity contribution in [3.8, 4) is 0 Å². The van der Waals surface area contributed by atoms with E-state index in [4.69, 9.17) is 4.74 Å². The van der Waals surface area contributed by atoms with Crippen molar-refractivity contribution in [1.82, 2.24) is 0 Å². The summed E-state index contributed by atoms with van der Waals surface area (Å²) in [6.07, 6.45) is 5.09. The van der Waals surface area contributed by atoms with Crippen molar-refractivity contribution in [3.05, 3.63) is 0 Å². The van der Waals surface area contributed by atoms with Crippen LogP contribution in [0.3, 0.4) is 0 Å². The summed E-state index contributed by atoms with van der Waals surface area (Å²) in [6, 6.07) is 0. The number of rotatable bonds is 7. The first kappa shape index (κ1) is 11.6. The molecule has 0 saturated heterocycles. The molecule has 0 saturated carbocycles. The number of ketones is 1. The van der Waals surface area contributed by atoms with E-state index in [9.17, 15) is 4.79 Å². The summed E-state index contributed by atoms with van der Waals surface area (Å²) in [6.45, 7) is 3.97. The van der Waals surface area contributed by atoms with Crippen LogP contribution in [0, 0.1) is 0 Å². The van der Waals surface area contributed by atoms with Crippen LogP contribution in [-0.4, -0.2) is 19.0 Å². The molecule has 0 aromatic carbocycles. The average Bonchev–Trinajstić information content (AvgIpc) is 2.10. The molecule has 0 heterocycles. The highest BCUT2D eigenvalue weighted by Crippen LogP contribution is 2.05. The second kappa shape index (κ2) is 7.29. The van der Waals surface area contributed by atoms with Gasteiger partial charge in [-0.3, -0.25) is 4.79 Å². The first-order valence-electron chi connectivity index (χ1n) is 4.77. The second-order valence-corrected chi connectivity index (χ2v) is 3.15. The van der Waals surface area contributed by atoms with E-state index < -0.39 is 0 Å². The third kappa shape index (κ3) is 5.30. The van der Waals surface area contributed by atoms with Crippen LogP contribution < -0.4 is 0 Å². The average molecular weight is 172 g/mol. The summed E-state index contributed by atoms with van der Waals surface area (Å²) in [4.78, 5) is 11.2. The number of methoxy groups -OCH3 is 1. The molecule has 72 valence electrons. The molecule has 0 amide bonds. The van der Waals surface area contributed by atoms with E-state index in [1.165, 1.54) is 19.3 Å². The Labute approximate surface area is 75.3 Å². The lowest BCUT2D eigenvalue weighted by molar-refractivity contribution is -0.127. The Kier molecular flexibility index (Phi) is 7.06. The zero-order valence-electron chi connectivity index (χ0n) is 8.43. The Morgan fingerprint density at radius 3 is 2.50 bits per heavy atom. The minimum Gasteiger partial charge on any atom is -0.374 e. The predicted molar refractivity (Wildman–Crippen MR) is 50.2 cm³/mol. The molecule has 0 fully saturated rings. The summed E-state index contributed by atoms with van der Waals surface area (Å²) >= 11 is 0. The first-order valence-corrected chi connectivity index (χ1v) is 4.77. The van der Waals surface area contributed by atoms with Gasteiger partial charge in [0, 0.05) is 13.5 Å². The smallest absolute Gasteiger partial charge is 0.161 e. The zero-order valence-corrected chi connectivity index (χ0v) is 8.43. The van der Waals surface area contributed by atoms with Crippen molar-refractivity contribution in [1.29, 1.82) is 0 Å². The monoisotopic (exact) mass is 172 g/mol. The highest BCUT2D eigenvalue weighted by atomic mass is 16.5. The topological polar surface area (TPSA) is 26.3 Å². The van der Waals surface area contributed by atoms with Crippen molar-refractivity contribution < 1.29 is 9.53 Å². The Morgan fingerprint density at radius 1 is 1.33 bits per heavy atom. The lowest BCUT2D eigenvalue weighted by Gasteiger charge is -2.07. The van der Waals surface area contributed by atoms with Gasteiger partial charge in [0.05, 0.1) is 0 Å². The normalized spacial score (nSPS) is 12.9. The number of ether oxygens (including phenoxy) is 1. The van der Waals surface area contributed by atoms with Crippen LogP contribution in [0.4, 0.5) is 0 Å². The number of Topliss-reactive ketones (excluding diaryl/α,β-unsaturated/α-hetero) is 1. The van der Waals surface area contributed by atoms with Gasteiger partial charge in [-0.05, 0) is 13.3 Å². The van der Waals surface area contributed by atoms with E-state index in [-0.39, 0.29) is 11.9 Å². The third-order valence-electron chi connectivity index (χ3n) is 2.08. The van der Waals surface area contributed by atoms with E-state index in [1.54, 1.807) is 7.11 Å². The van der Waals surface area contributed by atoms with Gasteiger partial charge in [0.2, 0.25) is 0 Å². The van der Waals surface area contributed by atoms with Crippen LogP contribution in [0.1, 0.15) is 46.0 Å². The second-order valence-electron chi connectivity index (χ2n) is 3.15. The fourth-order valence-corrected chi connectivity index (χ4v) is 1.06. The largest absolute Gasteiger partial charge is 0.374 e. The third-order valence-corrected chi connectivity index (χ3v) is 2.08. The Morgan fingerprint density at radius 2 is 2.00 bits per heavy atom. The highest BCUT2D eigenvalue weighted by Gasteiger charge is 2.09. The van der Waals surface area contributed by atoms with E-state index in [0.29, 0.717) is 6.42 Å². The van der Waals surface area contributed by atoms with Gasteiger partial charge < -0.3 is 4.74 Å². The molecule has 0 rings (SSSR count). The SMILES string of the molecule is CCCCCCC(=O)C(C)OC. The standard InChI is InChI=1S/C10H20O2/c1-4-5-6-7-8-10(11)9(2)12-3/h9H,4-8H2,1-3H3. The fourth-order valence-electron chi connectivity index (χ4n) is 1.06. The molecule has 1 atom stereocenters. The molecule has 1 unspecified atom stereocenters. The van der Waals surface area contributed by atoms with E-state index >= 15 is 0 Å². The number of hydrogen-bond donors (Lipinski definition) is 0. The molecule has 12 heavy (non-hydrogen) atoms. The van der Waals surface area contributed by atoms with Crippen LogP contribution >= 0.6 is 0 Å². The van der Waals surface area contributed by atoms with Gasteiger partial charge in [-0.1, -0.05) is 26.2 Å². The molecule has 0 N–H and O–H groups in total. The lowest BCUT2D eigenvalue weighted by atomic mass is 10.1.